The fourth-order valence-corrected chi connectivity index (χ4v) is 3.45. The normalized spacial score (nSPS) is 21.6. The summed E-state index contributed by atoms with van der Waals surface area (Å²) < 4.78 is 0. The highest BCUT2D eigenvalue weighted by atomic mass is 35.5. The van der Waals surface area contributed by atoms with Gasteiger partial charge in [0.2, 0.25) is 0 Å². The molecule has 0 spiro atoms. The van der Waals surface area contributed by atoms with Crippen molar-refractivity contribution in [1.82, 2.24) is 5.32 Å². The molecule has 2 aromatic carbocycles. The van der Waals surface area contributed by atoms with Gasteiger partial charge in [-0.25, -0.2) is 0 Å². The largest absolute Gasteiger partial charge is 0.411 e. The second-order valence-electron chi connectivity index (χ2n) is 5.39. The van der Waals surface area contributed by atoms with Gasteiger partial charge in [-0.3, -0.25) is 0 Å². The number of hydrogen-bond acceptors (Lipinski definition) is 3. The molecule has 0 saturated carbocycles. The summed E-state index contributed by atoms with van der Waals surface area (Å²) in [5.41, 5.74) is 2.75. The molecule has 22 heavy (non-hydrogen) atoms. The van der Waals surface area contributed by atoms with E-state index in [1.165, 1.54) is 0 Å². The SMILES string of the molecule is ON=C1CC(c2ccccc2Cl)NC(c2ccccc2Cl)C1. The van der Waals surface area contributed by atoms with Gasteiger partial charge in [-0.1, -0.05) is 64.8 Å². The molecule has 1 aliphatic rings. The molecule has 1 heterocycles. The van der Waals surface area contributed by atoms with E-state index < -0.39 is 0 Å². The van der Waals surface area contributed by atoms with Crippen molar-refractivity contribution in [3.8, 4) is 0 Å². The summed E-state index contributed by atoms with van der Waals surface area (Å²) in [5, 5.41) is 17.7. The zero-order valence-corrected chi connectivity index (χ0v) is 13.3. The predicted octanol–water partition coefficient (Wildman–Crippen LogP) is 4.99. The fraction of sp³-hybridized carbons (Fsp3) is 0.235. The van der Waals surface area contributed by atoms with Gasteiger partial charge in [0, 0.05) is 35.0 Å². The van der Waals surface area contributed by atoms with E-state index >= 15 is 0 Å². The Kier molecular flexibility index (Phi) is 4.67. The molecule has 0 aliphatic carbocycles. The van der Waals surface area contributed by atoms with Crippen molar-refractivity contribution in [1.29, 1.82) is 0 Å². The van der Waals surface area contributed by atoms with Crippen molar-refractivity contribution in [2.45, 2.75) is 24.9 Å². The van der Waals surface area contributed by atoms with Crippen LogP contribution < -0.4 is 5.32 Å². The summed E-state index contributed by atoms with van der Waals surface area (Å²) >= 11 is 12.6. The zero-order chi connectivity index (χ0) is 15.5. The Bertz CT molecular complexity index is 647. The summed E-state index contributed by atoms with van der Waals surface area (Å²) in [4.78, 5) is 0. The van der Waals surface area contributed by atoms with E-state index in [2.05, 4.69) is 10.5 Å². The predicted molar refractivity (Wildman–Crippen MR) is 90.0 cm³/mol. The second kappa shape index (κ2) is 6.69. The Morgan fingerprint density at radius 3 is 1.73 bits per heavy atom. The Hall–Kier alpha value is -1.55. The van der Waals surface area contributed by atoms with Crippen molar-refractivity contribution < 1.29 is 5.21 Å². The molecule has 2 unspecified atom stereocenters. The number of piperidine rings is 1. The third-order valence-electron chi connectivity index (χ3n) is 3.98. The maximum absolute atomic E-state index is 9.25. The van der Waals surface area contributed by atoms with Crippen LogP contribution in [0.5, 0.6) is 0 Å². The molecule has 0 amide bonds. The Labute approximate surface area is 139 Å². The van der Waals surface area contributed by atoms with Gasteiger partial charge in [-0.05, 0) is 23.3 Å². The number of benzene rings is 2. The van der Waals surface area contributed by atoms with E-state index in [9.17, 15) is 5.21 Å². The molecule has 1 fully saturated rings. The Morgan fingerprint density at radius 1 is 0.864 bits per heavy atom. The van der Waals surface area contributed by atoms with Crippen LogP contribution in [0.1, 0.15) is 36.1 Å². The van der Waals surface area contributed by atoms with Crippen LogP contribution in [0, 0.1) is 0 Å². The third-order valence-corrected chi connectivity index (χ3v) is 4.67. The quantitative estimate of drug-likeness (QED) is 0.600. The van der Waals surface area contributed by atoms with Crippen molar-refractivity contribution in [3.05, 3.63) is 69.7 Å². The molecule has 1 aliphatic heterocycles. The first-order valence-corrected chi connectivity index (χ1v) is 7.89. The highest BCUT2D eigenvalue weighted by molar-refractivity contribution is 6.31. The van der Waals surface area contributed by atoms with Gasteiger partial charge in [0.05, 0.1) is 5.71 Å². The minimum Gasteiger partial charge on any atom is -0.411 e. The van der Waals surface area contributed by atoms with Gasteiger partial charge >= 0.3 is 0 Å². The lowest BCUT2D eigenvalue weighted by Gasteiger charge is -2.33. The summed E-state index contributed by atoms with van der Waals surface area (Å²) in [6.07, 6.45) is 1.25. The maximum atomic E-state index is 9.25. The lowest BCUT2D eigenvalue weighted by Crippen LogP contribution is -2.35. The number of hydrogen-bond donors (Lipinski definition) is 2. The zero-order valence-electron chi connectivity index (χ0n) is 11.8. The third kappa shape index (κ3) is 3.12. The number of oxime groups is 1. The van der Waals surface area contributed by atoms with Crippen molar-refractivity contribution >= 4 is 28.9 Å². The Morgan fingerprint density at radius 2 is 1.32 bits per heavy atom. The number of nitrogens with one attached hydrogen (secondary N) is 1. The van der Waals surface area contributed by atoms with Crippen LogP contribution in [0.25, 0.3) is 0 Å². The average Bonchev–Trinajstić information content (AvgIpc) is 2.55. The number of halogens is 2. The van der Waals surface area contributed by atoms with Gasteiger partial charge in [0.15, 0.2) is 0 Å². The van der Waals surface area contributed by atoms with Crippen molar-refractivity contribution in [2.75, 3.05) is 0 Å². The van der Waals surface area contributed by atoms with Gasteiger partial charge in [0.1, 0.15) is 0 Å². The molecule has 0 radical (unpaired) electrons. The second-order valence-corrected chi connectivity index (χ2v) is 6.20. The summed E-state index contributed by atoms with van der Waals surface area (Å²) in [6, 6.07) is 15.4. The van der Waals surface area contributed by atoms with E-state index in [1.807, 2.05) is 48.5 Å². The lowest BCUT2D eigenvalue weighted by molar-refractivity contribution is 0.307. The van der Waals surface area contributed by atoms with Crippen molar-refractivity contribution in [2.24, 2.45) is 5.16 Å². The molecule has 3 rings (SSSR count). The van der Waals surface area contributed by atoms with E-state index in [0.717, 1.165) is 16.8 Å². The number of rotatable bonds is 2. The maximum Gasteiger partial charge on any atom is 0.0608 e. The molecule has 5 heteroatoms. The van der Waals surface area contributed by atoms with E-state index in [0.29, 0.717) is 22.9 Å². The standard InChI is InChI=1S/C17H16Cl2N2O/c18-14-7-3-1-5-12(14)16-9-11(21-22)10-17(20-16)13-6-2-4-8-15(13)19/h1-8,16-17,20,22H,9-10H2. The highest BCUT2D eigenvalue weighted by Gasteiger charge is 2.29. The van der Waals surface area contributed by atoms with Crippen molar-refractivity contribution in [3.63, 3.8) is 0 Å². The fourth-order valence-electron chi connectivity index (χ4n) is 2.91. The molecule has 0 bridgehead atoms. The summed E-state index contributed by atoms with van der Waals surface area (Å²) in [7, 11) is 0. The first-order chi connectivity index (χ1) is 10.7. The lowest BCUT2D eigenvalue weighted by atomic mass is 9.89. The van der Waals surface area contributed by atoms with Crippen LogP contribution in [-0.4, -0.2) is 10.9 Å². The van der Waals surface area contributed by atoms with E-state index in [1.54, 1.807) is 0 Å². The molecule has 2 N–H and O–H groups in total. The molecule has 2 atom stereocenters. The van der Waals surface area contributed by atoms with E-state index in [-0.39, 0.29) is 12.1 Å². The minimum absolute atomic E-state index is 0.00498. The molecule has 0 aromatic heterocycles. The van der Waals surface area contributed by atoms with Gasteiger partial charge in [-0.2, -0.15) is 0 Å². The van der Waals surface area contributed by atoms with Crippen LogP contribution in [-0.2, 0) is 0 Å². The minimum atomic E-state index is -0.00498. The van der Waals surface area contributed by atoms with Crippen LogP contribution in [0.15, 0.2) is 53.7 Å². The number of nitrogens with zero attached hydrogens (tertiary/aromatic N) is 1. The van der Waals surface area contributed by atoms with Gasteiger partial charge in [-0.15, -0.1) is 0 Å². The van der Waals surface area contributed by atoms with Gasteiger partial charge < -0.3 is 10.5 Å². The highest BCUT2D eigenvalue weighted by Crippen LogP contribution is 2.36. The monoisotopic (exact) mass is 334 g/mol. The summed E-state index contributed by atoms with van der Waals surface area (Å²) in [6.45, 7) is 0. The van der Waals surface area contributed by atoms with Crippen LogP contribution in [0.3, 0.4) is 0 Å². The van der Waals surface area contributed by atoms with Gasteiger partial charge in [0.25, 0.3) is 0 Å². The average molecular weight is 335 g/mol. The van der Waals surface area contributed by atoms with Crippen LogP contribution in [0.4, 0.5) is 0 Å². The topological polar surface area (TPSA) is 44.6 Å². The van der Waals surface area contributed by atoms with E-state index in [4.69, 9.17) is 23.2 Å². The Balaban J connectivity index is 1.94. The molecule has 2 aromatic rings. The molecule has 114 valence electrons. The first kappa shape index (κ1) is 15.3. The molecule has 3 nitrogen and oxygen atoms in total. The summed E-state index contributed by atoms with van der Waals surface area (Å²) in [5.74, 6) is 0. The molecular weight excluding hydrogens is 319 g/mol. The smallest absolute Gasteiger partial charge is 0.0608 e. The molecule has 1 saturated heterocycles. The van der Waals surface area contributed by atoms with Crippen LogP contribution >= 0.6 is 23.2 Å². The molecular formula is C17H16Cl2N2O. The van der Waals surface area contributed by atoms with Crippen LogP contribution in [0.2, 0.25) is 10.0 Å². The first-order valence-electron chi connectivity index (χ1n) is 7.13.